The molecule has 0 aromatic heterocycles. The molecule has 0 heterocycles. The molecule has 0 bridgehead atoms. The van der Waals surface area contributed by atoms with Gasteiger partial charge in [0.2, 0.25) is 0 Å². The fraction of sp³-hybridized carbons (Fsp3) is 0.125. The Morgan fingerprint density at radius 3 is 2.00 bits per heavy atom. The summed E-state index contributed by atoms with van der Waals surface area (Å²) in [7, 11) is -1.52. The molecular weight excluding hydrogens is 346 g/mol. The van der Waals surface area contributed by atoms with Crippen molar-refractivity contribution in [3.63, 3.8) is 0 Å². The number of urea groups is 1. The Labute approximate surface area is 145 Å². The SMILES string of the molecule is CNC(=O)Nc1ccc(S(=O)(=O)NC(=O)c2ccccc2)cc1.CO. The number of benzene rings is 2. The minimum absolute atomic E-state index is 0.0794. The Kier molecular flexibility index (Phi) is 7.57. The lowest BCUT2D eigenvalue weighted by Gasteiger charge is -2.08. The van der Waals surface area contributed by atoms with Crippen LogP contribution in [0.25, 0.3) is 0 Å². The zero-order chi connectivity index (χ0) is 18.9. The smallest absolute Gasteiger partial charge is 0.318 e. The van der Waals surface area contributed by atoms with Crippen LogP contribution in [0.1, 0.15) is 10.4 Å². The number of sulfonamides is 1. The summed E-state index contributed by atoms with van der Waals surface area (Å²) in [4.78, 5) is 23.0. The summed E-state index contributed by atoms with van der Waals surface area (Å²) >= 11 is 0. The van der Waals surface area contributed by atoms with E-state index in [1.54, 1.807) is 18.2 Å². The molecular formula is C16H19N3O5S. The van der Waals surface area contributed by atoms with Crippen LogP contribution in [0.3, 0.4) is 0 Å². The summed E-state index contributed by atoms with van der Waals surface area (Å²) in [5.41, 5.74) is 0.673. The van der Waals surface area contributed by atoms with Crippen LogP contribution in [0.15, 0.2) is 59.5 Å². The zero-order valence-corrected chi connectivity index (χ0v) is 14.5. The van der Waals surface area contributed by atoms with E-state index >= 15 is 0 Å². The number of hydrogen-bond donors (Lipinski definition) is 4. The molecule has 0 saturated heterocycles. The largest absolute Gasteiger partial charge is 0.400 e. The topological polar surface area (TPSA) is 125 Å². The Morgan fingerprint density at radius 2 is 1.48 bits per heavy atom. The van der Waals surface area contributed by atoms with Crippen molar-refractivity contribution >= 4 is 27.6 Å². The highest BCUT2D eigenvalue weighted by atomic mass is 32.2. The zero-order valence-electron chi connectivity index (χ0n) is 13.7. The van der Waals surface area contributed by atoms with Crippen LogP contribution in [-0.2, 0) is 10.0 Å². The number of anilines is 1. The van der Waals surface area contributed by atoms with Crippen molar-refractivity contribution in [2.75, 3.05) is 19.5 Å². The molecule has 0 aliphatic carbocycles. The van der Waals surface area contributed by atoms with Crippen LogP contribution in [0.4, 0.5) is 10.5 Å². The molecule has 134 valence electrons. The van der Waals surface area contributed by atoms with Crippen molar-refractivity contribution in [3.05, 3.63) is 60.2 Å². The first-order valence-electron chi connectivity index (χ1n) is 7.08. The van der Waals surface area contributed by atoms with E-state index in [0.29, 0.717) is 5.69 Å². The van der Waals surface area contributed by atoms with Gasteiger partial charge in [-0.3, -0.25) is 4.79 Å². The molecule has 0 atom stereocenters. The van der Waals surface area contributed by atoms with Crippen molar-refractivity contribution in [3.8, 4) is 0 Å². The third-order valence-corrected chi connectivity index (χ3v) is 4.26. The van der Waals surface area contributed by atoms with E-state index in [9.17, 15) is 18.0 Å². The number of rotatable bonds is 4. The predicted molar refractivity (Wildman–Crippen MR) is 93.8 cm³/mol. The lowest BCUT2D eigenvalue weighted by atomic mass is 10.2. The van der Waals surface area contributed by atoms with Crippen LogP contribution < -0.4 is 15.4 Å². The molecule has 2 rings (SSSR count). The predicted octanol–water partition coefficient (Wildman–Crippen LogP) is 1.17. The second-order valence-corrected chi connectivity index (χ2v) is 6.21. The molecule has 2 aromatic rings. The van der Waals surface area contributed by atoms with E-state index in [1.807, 2.05) is 4.72 Å². The molecule has 3 amide bonds. The second-order valence-electron chi connectivity index (χ2n) is 4.53. The van der Waals surface area contributed by atoms with E-state index in [2.05, 4.69) is 10.6 Å². The van der Waals surface area contributed by atoms with Gasteiger partial charge in [0.15, 0.2) is 0 Å². The van der Waals surface area contributed by atoms with Gasteiger partial charge in [0, 0.05) is 25.4 Å². The molecule has 8 nitrogen and oxygen atoms in total. The maximum absolute atomic E-state index is 12.2. The van der Waals surface area contributed by atoms with Crippen LogP contribution in [0.5, 0.6) is 0 Å². The van der Waals surface area contributed by atoms with E-state index in [-0.39, 0.29) is 10.5 Å². The molecule has 4 N–H and O–H groups in total. The van der Waals surface area contributed by atoms with Gasteiger partial charge in [0.1, 0.15) is 0 Å². The second kappa shape index (κ2) is 9.40. The van der Waals surface area contributed by atoms with Crippen molar-refractivity contribution < 1.29 is 23.1 Å². The summed E-state index contributed by atoms with van der Waals surface area (Å²) < 4.78 is 26.3. The molecule has 0 spiro atoms. The van der Waals surface area contributed by atoms with Crippen molar-refractivity contribution in [1.82, 2.24) is 10.0 Å². The quantitative estimate of drug-likeness (QED) is 0.647. The molecule has 9 heteroatoms. The van der Waals surface area contributed by atoms with Gasteiger partial charge in [-0.1, -0.05) is 18.2 Å². The number of carbonyl (C=O) groups excluding carboxylic acids is 2. The van der Waals surface area contributed by atoms with E-state index in [0.717, 1.165) is 7.11 Å². The van der Waals surface area contributed by atoms with Crippen molar-refractivity contribution in [2.45, 2.75) is 4.90 Å². The third kappa shape index (κ3) is 5.90. The standard InChI is InChI=1S/C15H15N3O4S.CH4O/c1-16-15(20)17-12-7-9-13(10-8-12)23(21,22)18-14(19)11-5-3-2-4-6-11;1-2/h2-10H,1H3,(H,18,19)(H2,16,17,20);2H,1H3. The van der Waals surface area contributed by atoms with Crippen LogP contribution >= 0.6 is 0 Å². The third-order valence-electron chi connectivity index (χ3n) is 2.91. The lowest BCUT2D eigenvalue weighted by molar-refractivity contribution is 0.0981. The summed E-state index contributed by atoms with van der Waals surface area (Å²) in [6, 6.07) is 13.1. The molecule has 0 unspecified atom stereocenters. The van der Waals surface area contributed by atoms with Gasteiger partial charge in [-0.15, -0.1) is 0 Å². The Morgan fingerprint density at radius 1 is 0.920 bits per heavy atom. The number of carbonyl (C=O) groups is 2. The lowest BCUT2D eigenvalue weighted by Crippen LogP contribution is -2.30. The average Bonchev–Trinajstić information content (AvgIpc) is 2.64. The van der Waals surface area contributed by atoms with Crippen LogP contribution in [0.2, 0.25) is 0 Å². The van der Waals surface area contributed by atoms with Gasteiger partial charge in [-0.25, -0.2) is 17.9 Å². The molecule has 0 fully saturated rings. The van der Waals surface area contributed by atoms with Gasteiger partial charge in [-0.2, -0.15) is 0 Å². The van der Waals surface area contributed by atoms with Gasteiger partial charge in [-0.05, 0) is 36.4 Å². The monoisotopic (exact) mass is 365 g/mol. The highest BCUT2D eigenvalue weighted by molar-refractivity contribution is 7.90. The van der Waals surface area contributed by atoms with E-state index in [1.165, 1.54) is 43.4 Å². The molecule has 2 aromatic carbocycles. The van der Waals surface area contributed by atoms with Gasteiger partial charge >= 0.3 is 6.03 Å². The number of aliphatic hydroxyl groups is 1. The first-order valence-corrected chi connectivity index (χ1v) is 8.56. The van der Waals surface area contributed by atoms with Crippen molar-refractivity contribution in [1.29, 1.82) is 0 Å². The fourth-order valence-corrected chi connectivity index (χ4v) is 2.71. The number of hydrogen-bond acceptors (Lipinski definition) is 5. The average molecular weight is 365 g/mol. The molecule has 0 saturated carbocycles. The number of nitrogens with one attached hydrogen (secondary N) is 3. The van der Waals surface area contributed by atoms with Gasteiger partial charge in [0.25, 0.3) is 15.9 Å². The summed E-state index contributed by atoms with van der Waals surface area (Å²) in [5.74, 6) is -0.710. The highest BCUT2D eigenvalue weighted by Crippen LogP contribution is 2.14. The minimum Gasteiger partial charge on any atom is -0.400 e. The molecule has 0 radical (unpaired) electrons. The maximum Gasteiger partial charge on any atom is 0.318 e. The summed E-state index contributed by atoms with van der Waals surface area (Å²) in [5, 5.41) is 11.9. The number of aliphatic hydroxyl groups excluding tert-OH is 1. The highest BCUT2D eigenvalue weighted by Gasteiger charge is 2.18. The normalized spacial score (nSPS) is 10.0. The summed E-state index contributed by atoms with van der Waals surface area (Å²) in [6.45, 7) is 0. The van der Waals surface area contributed by atoms with Crippen LogP contribution in [0, 0.1) is 0 Å². The molecule has 0 aliphatic rings. The van der Waals surface area contributed by atoms with Gasteiger partial charge < -0.3 is 15.7 Å². The number of amides is 3. The molecule has 25 heavy (non-hydrogen) atoms. The first kappa shape index (κ1) is 20.1. The van der Waals surface area contributed by atoms with Crippen LogP contribution in [-0.4, -0.2) is 39.6 Å². The van der Waals surface area contributed by atoms with Gasteiger partial charge in [0.05, 0.1) is 4.90 Å². The molecule has 0 aliphatic heterocycles. The summed E-state index contributed by atoms with van der Waals surface area (Å²) in [6.07, 6.45) is 0. The van der Waals surface area contributed by atoms with E-state index in [4.69, 9.17) is 5.11 Å². The minimum atomic E-state index is -3.99. The first-order chi connectivity index (χ1) is 11.9. The van der Waals surface area contributed by atoms with E-state index < -0.39 is 22.0 Å². The van der Waals surface area contributed by atoms with Crippen molar-refractivity contribution in [2.24, 2.45) is 0 Å². The fourth-order valence-electron chi connectivity index (χ4n) is 1.74. The Bertz CT molecular complexity index is 805. The Hall–Kier alpha value is -2.91. The Balaban J connectivity index is 0.00000151. The maximum atomic E-state index is 12.2.